The lowest BCUT2D eigenvalue weighted by Gasteiger charge is -2.36. The molecule has 0 heterocycles. The van der Waals surface area contributed by atoms with E-state index in [9.17, 15) is 0 Å². The molecule has 1 aliphatic carbocycles. The van der Waals surface area contributed by atoms with Gasteiger partial charge in [-0.05, 0) is 48.6 Å². The molecule has 1 fully saturated rings. The van der Waals surface area contributed by atoms with Gasteiger partial charge >= 0.3 is 0 Å². The summed E-state index contributed by atoms with van der Waals surface area (Å²) in [5.74, 6) is 2.96. The third kappa shape index (κ3) is 3.54. The van der Waals surface area contributed by atoms with Gasteiger partial charge in [0.25, 0.3) is 0 Å². The first-order chi connectivity index (χ1) is 9.49. The number of para-hydroxylation sites is 1. The molecule has 112 valence electrons. The molecule has 2 heteroatoms. The highest BCUT2D eigenvalue weighted by Crippen LogP contribution is 2.34. The van der Waals surface area contributed by atoms with Crippen molar-refractivity contribution in [3.63, 3.8) is 0 Å². The van der Waals surface area contributed by atoms with Crippen LogP contribution in [-0.4, -0.2) is 12.1 Å². The summed E-state index contributed by atoms with van der Waals surface area (Å²) in [6.45, 7) is 9.03. The van der Waals surface area contributed by atoms with Crippen LogP contribution < -0.4 is 10.5 Å². The number of ether oxygens (including phenoxy) is 1. The van der Waals surface area contributed by atoms with Crippen LogP contribution in [0.2, 0.25) is 0 Å². The van der Waals surface area contributed by atoms with Gasteiger partial charge in [0.15, 0.2) is 0 Å². The van der Waals surface area contributed by atoms with Crippen molar-refractivity contribution >= 4 is 0 Å². The molecule has 0 saturated heterocycles. The van der Waals surface area contributed by atoms with Gasteiger partial charge in [0.05, 0.1) is 0 Å². The summed E-state index contributed by atoms with van der Waals surface area (Å²) in [4.78, 5) is 0. The highest BCUT2D eigenvalue weighted by Gasteiger charge is 2.31. The first-order valence-electron chi connectivity index (χ1n) is 8.00. The summed E-state index contributed by atoms with van der Waals surface area (Å²) in [6.07, 6.45) is 3.57. The molecule has 0 aromatic heterocycles. The third-order valence-electron chi connectivity index (χ3n) is 4.65. The summed E-state index contributed by atoms with van der Waals surface area (Å²) >= 11 is 0. The van der Waals surface area contributed by atoms with Crippen molar-refractivity contribution in [2.75, 3.05) is 0 Å². The minimum Gasteiger partial charge on any atom is -0.489 e. The Morgan fingerprint density at radius 3 is 2.45 bits per heavy atom. The molecular formula is C18H29NO. The van der Waals surface area contributed by atoms with E-state index in [1.165, 1.54) is 12.0 Å². The molecule has 0 aliphatic heterocycles. The Hall–Kier alpha value is -1.02. The molecule has 0 radical (unpaired) electrons. The van der Waals surface area contributed by atoms with Crippen LogP contribution in [0.3, 0.4) is 0 Å². The second-order valence-corrected chi connectivity index (χ2v) is 6.83. The Morgan fingerprint density at radius 2 is 1.80 bits per heavy atom. The molecular weight excluding hydrogens is 246 g/mol. The van der Waals surface area contributed by atoms with Crippen molar-refractivity contribution in [3.8, 4) is 5.75 Å². The van der Waals surface area contributed by atoms with Crippen LogP contribution in [0.15, 0.2) is 24.3 Å². The van der Waals surface area contributed by atoms with Gasteiger partial charge in [-0.1, -0.05) is 45.9 Å². The molecule has 2 N–H and O–H groups in total. The fourth-order valence-corrected chi connectivity index (χ4v) is 3.15. The second kappa shape index (κ2) is 6.62. The minimum atomic E-state index is 0.163. The standard InChI is InChI=1S/C18H29NO/c1-12(2)14-9-10-16(19)18(11-14)20-17-8-6-5-7-15(17)13(3)4/h5-8,12-14,16,18H,9-11,19H2,1-4H3. The van der Waals surface area contributed by atoms with Crippen molar-refractivity contribution < 1.29 is 4.74 Å². The zero-order chi connectivity index (χ0) is 14.7. The van der Waals surface area contributed by atoms with E-state index >= 15 is 0 Å². The lowest BCUT2D eigenvalue weighted by molar-refractivity contribution is 0.0857. The fourth-order valence-electron chi connectivity index (χ4n) is 3.15. The maximum absolute atomic E-state index is 6.32. The highest BCUT2D eigenvalue weighted by molar-refractivity contribution is 5.35. The molecule has 0 spiro atoms. The summed E-state index contributed by atoms with van der Waals surface area (Å²) in [6, 6.07) is 8.55. The van der Waals surface area contributed by atoms with Crippen LogP contribution in [-0.2, 0) is 0 Å². The van der Waals surface area contributed by atoms with E-state index < -0.39 is 0 Å². The van der Waals surface area contributed by atoms with Gasteiger partial charge in [0.2, 0.25) is 0 Å². The molecule has 0 bridgehead atoms. The van der Waals surface area contributed by atoms with Gasteiger partial charge < -0.3 is 10.5 Å². The van der Waals surface area contributed by atoms with Gasteiger partial charge in [0, 0.05) is 6.04 Å². The highest BCUT2D eigenvalue weighted by atomic mass is 16.5. The average molecular weight is 275 g/mol. The minimum absolute atomic E-state index is 0.163. The van der Waals surface area contributed by atoms with E-state index in [1.807, 2.05) is 0 Å². The first kappa shape index (κ1) is 15.4. The van der Waals surface area contributed by atoms with E-state index in [0.717, 1.165) is 24.5 Å². The van der Waals surface area contributed by atoms with E-state index in [1.54, 1.807) is 0 Å². The van der Waals surface area contributed by atoms with E-state index in [2.05, 4.69) is 52.0 Å². The summed E-state index contributed by atoms with van der Waals surface area (Å²) in [5, 5.41) is 0. The Kier molecular flexibility index (Phi) is 5.09. The number of rotatable bonds is 4. The fraction of sp³-hybridized carbons (Fsp3) is 0.667. The molecule has 3 atom stereocenters. The smallest absolute Gasteiger partial charge is 0.123 e. The maximum Gasteiger partial charge on any atom is 0.123 e. The van der Waals surface area contributed by atoms with Crippen LogP contribution in [0.25, 0.3) is 0 Å². The van der Waals surface area contributed by atoms with Crippen LogP contribution in [0.1, 0.15) is 58.4 Å². The predicted octanol–water partition coefficient (Wildman–Crippen LogP) is 4.34. The normalized spacial score (nSPS) is 27.1. The Balaban J connectivity index is 2.12. The lowest BCUT2D eigenvalue weighted by Crippen LogP contribution is -2.44. The van der Waals surface area contributed by atoms with Crippen molar-refractivity contribution in [2.45, 2.75) is 65.0 Å². The number of hydrogen-bond acceptors (Lipinski definition) is 2. The van der Waals surface area contributed by atoms with Crippen molar-refractivity contribution in [1.82, 2.24) is 0 Å². The monoisotopic (exact) mass is 275 g/mol. The lowest BCUT2D eigenvalue weighted by atomic mass is 9.78. The largest absolute Gasteiger partial charge is 0.489 e. The van der Waals surface area contributed by atoms with E-state index in [4.69, 9.17) is 10.5 Å². The molecule has 1 saturated carbocycles. The van der Waals surface area contributed by atoms with Crippen LogP contribution in [0.4, 0.5) is 0 Å². The van der Waals surface area contributed by atoms with Crippen LogP contribution in [0, 0.1) is 11.8 Å². The zero-order valence-electron chi connectivity index (χ0n) is 13.3. The van der Waals surface area contributed by atoms with Crippen molar-refractivity contribution in [1.29, 1.82) is 0 Å². The van der Waals surface area contributed by atoms with Gasteiger partial charge in [-0.3, -0.25) is 0 Å². The molecule has 0 amide bonds. The number of hydrogen-bond donors (Lipinski definition) is 1. The van der Waals surface area contributed by atoms with Gasteiger partial charge in [-0.25, -0.2) is 0 Å². The molecule has 2 nitrogen and oxygen atoms in total. The van der Waals surface area contributed by atoms with Gasteiger partial charge in [0.1, 0.15) is 11.9 Å². The summed E-state index contributed by atoms with van der Waals surface area (Å²) < 4.78 is 6.32. The van der Waals surface area contributed by atoms with E-state index in [0.29, 0.717) is 11.8 Å². The van der Waals surface area contributed by atoms with Crippen LogP contribution in [0.5, 0.6) is 5.75 Å². The molecule has 20 heavy (non-hydrogen) atoms. The van der Waals surface area contributed by atoms with E-state index in [-0.39, 0.29) is 12.1 Å². The third-order valence-corrected chi connectivity index (χ3v) is 4.65. The first-order valence-corrected chi connectivity index (χ1v) is 8.00. The molecule has 1 aromatic rings. The predicted molar refractivity (Wildman–Crippen MR) is 85.1 cm³/mol. The zero-order valence-corrected chi connectivity index (χ0v) is 13.3. The maximum atomic E-state index is 6.32. The second-order valence-electron chi connectivity index (χ2n) is 6.83. The summed E-state index contributed by atoms with van der Waals surface area (Å²) in [7, 11) is 0. The molecule has 1 aliphatic rings. The topological polar surface area (TPSA) is 35.2 Å². The number of benzene rings is 1. The van der Waals surface area contributed by atoms with Crippen molar-refractivity contribution in [2.24, 2.45) is 17.6 Å². The molecule has 1 aromatic carbocycles. The quantitative estimate of drug-likeness (QED) is 0.887. The SMILES string of the molecule is CC(C)c1ccccc1OC1CC(C(C)C)CCC1N. The molecule has 3 unspecified atom stereocenters. The summed E-state index contributed by atoms with van der Waals surface area (Å²) in [5.41, 5.74) is 7.57. The average Bonchev–Trinajstić information content (AvgIpc) is 2.41. The van der Waals surface area contributed by atoms with Gasteiger partial charge in [-0.2, -0.15) is 0 Å². The Morgan fingerprint density at radius 1 is 1.10 bits per heavy atom. The van der Waals surface area contributed by atoms with Crippen molar-refractivity contribution in [3.05, 3.63) is 29.8 Å². The Bertz CT molecular complexity index is 427. The molecule has 2 rings (SSSR count). The Labute approximate surface area is 123 Å². The van der Waals surface area contributed by atoms with Gasteiger partial charge in [-0.15, -0.1) is 0 Å². The van der Waals surface area contributed by atoms with Crippen LogP contribution >= 0.6 is 0 Å². The number of nitrogens with two attached hydrogens (primary N) is 1.